The summed E-state index contributed by atoms with van der Waals surface area (Å²) in [6.45, 7) is 5.42. The Bertz CT molecular complexity index is 515. The fourth-order valence-electron chi connectivity index (χ4n) is 4.87. The highest BCUT2D eigenvalue weighted by molar-refractivity contribution is 6.61. The Morgan fingerprint density at radius 1 is 0.450 bits per heavy atom. The van der Waals surface area contributed by atoms with Gasteiger partial charge in [0.15, 0.2) is 0 Å². The zero-order valence-electron chi connectivity index (χ0n) is 26.9. The predicted octanol–water partition coefficient (Wildman–Crippen LogP) is 4.02. The quantitative estimate of drug-likeness (QED) is 0.114. The second-order valence-corrected chi connectivity index (χ2v) is 20.0. The normalized spacial score (nSPS) is 13.5. The van der Waals surface area contributed by atoms with E-state index in [0.717, 1.165) is 38.5 Å². The van der Waals surface area contributed by atoms with Gasteiger partial charge in [0.05, 0.1) is 0 Å². The third-order valence-corrected chi connectivity index (χ3v) is 17.3. The van der Waals surface area contributed by atoms with Gasteiger partial charge in [0.25, 0.3) is 0 Å². The molecule has 1 radical (unpaired) electrons. The number of hydrogen-bond donors (Lipinski definition) is 0. The van der Waals surface area contributed by atoms with Gasteiger partial charge >= 0.3 is 35.9 Å². The SMILES string of the molecule is CCO[Si](OCC)OCC(CCC[Si](OC)(OC)OC)(CCC[Si](OC)(OC)OC)CCC[Si](OC)(OC)OC. The van der Waals surface area contributed by atoms with Crippen LogP contribution in [-0.2, 0) is 53.1 Å². The molecule has 0 aliphatic carbocycles. The van der Waals surface area contributed by atoms with Crippen LogP contribution in [0.1, 0.15) is 52.4 Å². The summed E-state index contributed by atoms with van der Waals surface area (Å²) in [6.07, 6.45) is 5.06. The lowest BCUT2D eigenvalue weighted by molar-refractivity contribution is 0.0372. The van der Waals surface area contributed by atoms with Gasteiger partial charge in [-0.1, -0.05) is 0 Å². The molecule has 0 unspecified atom stereocenters. The molecule has 0 amide bonds. The maximum Gasteiger partial charge on any atom is 0.577 e. The highest BCUT2D eigenvalue weighted by atomic mass is 28.4. The maximum atomic E-state index is 6.38. The minimum absolute atomic E-state index is 0.218. The molecule has 0 N–H and O–H groups in total. The van der Waals surface area contributed by atoms with E-state index < -0.39 is 35.9 Å². The topological polar surface area (TPSA) is 111 Å². The average molecular weight is 650 g/mol. The lowest BCUT2D eigenvalue weighted by atomic mass is 9.76. The Morgan fingerprint density at radius 2 is 0.725 bits per heavy atom. The molecule has 0 aromatic rings. The Hall–Kier alpha value is 0.388. The zero-order valence-corrected chi connectivity index (χ0v) is 30.9. The van der Waals surface area contributed by atoms with Crippen molar-refractivity contribution in [3.63, 3.8) is 0 Å². The Morgan fingerprint density at radius 3 is 0.950 bits per heavy atom. The van der Waals surface area contributed by atoms with Gasteiger partial charge in [-0.2, -0.15) is 0 Å². The number of hydrogen-bond acceptors (Lipinski definition) is 12. The van der Waals surface area contributed by atoms with Crippen LogP contribution in [0.4, 0.5) is 0 Å². The van der Waals surface area contributed by atoms with Crippen LogP contribution < -0.4 is 0 Å². The van der Waals surface area contributed by atoms with Gasteiger partial charge in [-0.3, -0.25) is 0 Å². The first-order chi connectivity index (χ1) is 19.2. The molecule has 0 aliphatic rings. The highest BCUT2D eigenvalue weighted by Crippen LogP contribution is 2.40. The van der Waals surface area contributed by atoms with Crippen LogP contribution in [0.25, 0.3) is 0 Å². The van der Waals surface area contributed by atoms with Crippen LogP contribution >= 0.6 is 0 Å². The second kappa shape index (κ2) is 22.0. The molecule has 12 nitrogen and oxygen atoms in total. The molecule has 0 atom stereocenters. The molecule has 0 aromatic carbocycles. The van der Waals surface area contributed by atoms with Crippen molar-refractivity contribution < 1.29 is 53.1 Å². The van der Waals surface area contributed by atoms with Gasteiger partial charge in [0, 0.05) is 102 Å². The maximum absolute atomic E-state index is 6.38. The van der Waals surface area contributed by atoms with Gasteiger partial charge in [0.2, 0.25) is 0 Å². The summed E-state index contributed by atoms with van der Waals surface area (Å²) in [5, 5.41) is 0. The predicted molar refractivity (Wildman–Crippen MR) is 160 cm³/mol. The van der Waals surface area contributed by atoms with Crippen LogP contribution in [0.5, 0.6) is 0 Å². The molecule has 16 heteroatoms. The first-order valence-corrected chi connectivity index (χ1v) is 20.9. The van der Waals surface area contributed by atoms with Gasteiger partial charge in [-0.15, -0.1) is 0 Å². The monoisotopic (exact) mass is 649 g/mol. The summed E-state index contributed by atoms with van der Waals surface area (Å²) in [5.74, 6) is 0. The summed E-state index contributed by atoms with van der Waals surface area (Å²) >= 11 is 0. The Balaban J connectivity index is 6.10. The van der Waals surface area contributed by atoms with Crippen LogP contribution in [0.15, 0.2) is 0 Å². The van der Waals surface area contributed by atoms with Crippen molar-refractivity contribution in [2.24, 2.45) is 5.41 Å². The van der Waals surface area contributed by atoms with Crippen molar-refractivity contribution in [1.82, 2.24) is 0 Å². The molecule has 0 saturated heterocycles. The van der Waals surface area contributed by atoms with Crippen LogP contribution in [0, 0.1) is 5.41 Å². The first kappa shape index (κ1) is 40.4. The van der Waals surface area contributed by atoms with Gasteiger partial charge in [-0.25, -0.2) is 0 Å². The van der Waals surface area contributed by atoms with E-state index in [4.69, 9.17) is 53.1 Å². The zero-order chi connectivity index (χ0) is 30.5. The van der Waals surface area contributed by atoms with E-state index in [2.05, 4.69) is 0 Å². The third-order valence-electron chi connectivity index (χ3n) is 7.39. The third kappa shape index (κ3) is 13.4. The summed E-state index contributed by atoms with van der Waals surface area (Å²) < 4.78 is 69.2. The van der Waals surface area contributed by atoms with Crippen molar-refractivity contribution in [2.45, 2.75) is 70.5 Å². The summed E-state index contributed by atoms with van der Waals surface area (Å²) in [7, 11) is 4.70. The fourth-order valence-corrected chi connectivity index (χ4v) is 11.2. The Kier molecular flexibility index (Phi) is 22.2. The van der Waals surface area contributed by atoms with Crippen molar-refractivity contribution in [3.05, 3.63) is 0 Å². The molecular formula is C24H57O12Si4. The molecule has 0 saturated carbocycles. The van der Waals surface area contributed by atoms with E-state index in [1.54, 1.807) is 64.0 Å². The van der Waals surface area contributed by atoms with Crippen molar-refractivity contribution in [3.8, 4) is 0 Å². The average Bonchev–Trinajstić information content (AvgIpc) is 2.99. The van der Waals surface area contributed by atoms with E-state index in [9.17, 15) is 0 Å². The molecule has 0 fully saturated rings. The van der Waals surface area contributed by atoms with Crippen LogP contribution in [-0.4, -0.2) is 120 Å². The van der Waals surface area contributed by atoms with Crippen LogP contribution in [0.2, 0.25) is 18.1 Å². The molecule has 0 aromatic heterocycles. The van der Waals surface area contributed by atoms with Crippen molar-refractivity contribution in [2.75, 3.05) is 83.8 Å². The summed E-state index contributed by atoms with van der Waals surface area (Å²) in [5.41, 5.74) is -0.218. The smallest absolute Gasteiger partial charge is 0.377 e. The standard InChI is InChI=1S/C24H57O12Si4/c1-12-34-37(35-13-2)36-23-24(17-14-20-38(25-3,26-4)27-5,18-15-21-39(28-6,29-7)30-8)19-16-22-40(31-9,32-10)33-11/h12-23H2,1-11H3. The minimum atomic E-state index is -2.73. The summed E-state index contributed by atoms with van der Waals surface area (Å²) in [4.78, 5) is 0. The lowest BCUT2D eigenvalue weighted by Gasteiger charge is -2.37. The molecule has 0 bridgehead atoms. The molecule has 0 heterocycles. The van der Waals surface area contributed by atoms with Gasteiger partial charge in [-0.05, 0) is 57.8 Å². The molecule has 40 heavy (non-hydrogen) atoms. The van der Waals surface area contributed by atoms with Crippen molar-refractivity contribution >= 4 is 35.9 Å². The van der Waals surface area contributed by atoms with Gasteiger partial charge < -0.3 is 53.1 Å². The van der Waals surface area contributed by atoms with Gasteiger partial charge in [0.1, 0.15) is 0 Å². The fraction of sp³-hybridized carbons (Fsp3) is 1.00. The molecule has 0 rings (SSSR count). The minimum Gasteiger partial charge on any atom is -0.377 e. The largest absolute Gasteiger partial charge is 0.577 e. The molecular weight excluding hydrogens is 593 g/mol. The van der Waals surface area contributed by atoms with Crippen molar-refractivity contribution in [1.29, 1.82) is 0 Å². The van der Waals surface area contributed by atoms with Crippen LogP contribution in [0.3, 0.4) is 0 Å². The molecule has 241 valence electrons. The van der Waals surface area contributed by atoms with E-state index in [1.807, 2.05) is 13.8 Å². The van der Waals surface area contributed by atoms with E-state index >= 15 is 0 Å². The number of rotatable bonds is 28. The highest BCUT2D eigenvalue weighted by Gasteiger charge is 2.43. The second-order valence-electron chi connectivity index (χ2n) is 9.35. The molecule has 0 spiro atoms. The van der Waals surface area contributed by atoms with E-state index in [0.29, 0.717) is 38.0 Å². The van der Waals surface area contributed by atoms with E-state index in [1.165, 1.54) is 0 Å². The lowest BCUT2D eigenvalue weighted by Crippen LogP contribution is -2.44. The molecule has 0 aliphatic heterocycles. The summed E-state index contributed by atoms with van der Waals surface area (Å²) in [6, 6.07) is 2.06. The first-order valence-electron chi connectivity index (χ1n) is 13.9. The van der Waals surface area contributed by atoms with E-state index in [-0.39, 0.29) is 5.41 Å². The Labute approximate surface area is 248 Å².